The fraction of sp³-hybridized carbons (Fsp3) is 0.940. The molecule has 0 aromatic carbocycles. The molecule has 0 amide bonds. The van der Waals surface area contributed by atoms with Crippen LogP contribution in [0.1, 0.15) is 278 Å². The number of ether oxygens (including phenoxy) is 3. The third-order valence-electron chi connectivity index (χ3n) is 11.3. The number of rotatable bonds is 45. The highest BCUT2D eigenvalue weighted by Crippen LogP contribution is 2.17. The molecule has 56 heavy (non-hydrogen) atoms. The van der Waals surface area contributed by atoms with Crippen molar-refractivity contribution < 1.29 is 28.6 Å². The molecule has 0 fully saturated rings. The van der Waals surface area contributed by atoms with Crippen molar-refractivity contribution in [3.63, 3.8) is 0 Å². The molecule has 0 aliphatic carbocycles. The van der Waals surface area contributed by atoms with Crippen LogP contribution in [-0.4, -0.2) is 37.2 Å². The van der Waals surface area contributed by atoms with Crippen molar-refractivity contribution in [2.45, 2.75) is 284 Å². The molecule has 0 aliphatic rings. The zero-order valence-electron chi connectivity index (χ0n) is 38.1. The molecule has 6 heteroatoms. The normalized spacial score (nSPS) is 11.9. The largest absolute Gasteiger partial charge is 0.462 e. The number of hydrogen-bond acceptors (Lipinski definition) is 6. The molecular formula is C50H96O6. The molecule has 0 aliphatic heterocycles. The Kier molecular flexibility index (Phi) is 43.2. The summed E-state index contributed by atoms with van der Waals surface area (Å²) in [6.07, 6.45) is 45.3. The van der Waals surface area contributed by atoms with E-state index in [1.54, 1.807) is 0 Å². The minimum atomic E-state index is -0.759. The van der Waals surface area contributed by atoms with Gasteiger partial charge in [0, 0.05) is 19.3 Å². The van der Waals surface area contributed by atoms with Crippen LogP contribution in [0, 0.1) is 5.92 Å². The summed E-state index contributed by atoms with van der Waals surface area (Å²) in [6, 6.07) is 0. The molecule has 0 radical (unpaired) electrons. The van der Waals surface area contributed by atoms with Gasteiger partial charge in [0.1, 0.15) is 13.2 Å². The third kappa shape index (κ3) is 43.5. The van der Waals surface area contributed by atoms with Gasteiger partial charge < -0.3 is 14.2 Å². The van der Waals surface area contributed by atoms with Gasteiger partial charge in [-0.15, -0.1) is 0 Å². The van der Waals surface area contributed by atoms with Crippen LogP contribution < -0.4 is 0 Å². The highest BCUT2D eigenvalue weighted by Gasteiger charge is 2.19. The summed E-state index contributed by atoms with van der Waals surface area (Å²) in [5.74, 6) is -0.0365. The second kappa shape index (κ2) is 44.5. The standard InChI is InChI=1S/C50H96O6/c1-5-7-9-11-13-14-15-16-17-18-19-20-21-22-27-31-35-39-43-50(53)56-47(44-54-48(51)41-37-33-28-12-10-8-6-2)45-55-49(52)42-38-34-30-26-24-23-25-29-32-36-40-46(3)4/h46-47H,5-45H2,1-4H3/t47-/m1/s1. The molecule has 0 aromatic rings. The molecular weight excluding hydrogens is 697 g/mol. The van der Waals surface area contributed by atoms with Gasteiger partial charge in [-0.2, -0.15) is 0 Å². The summed E-state index contributed by atoms with van der Waals surface area (Å²) in [5.41, 5.74) is 0. The fourth-order valence-corrected chi connectivity index (χ4v) is 7.51. The van der Waals surface area contributed by atoms with Crippen LogP contribution in [0.25, 0.3) is 0 Å². The van der Waals surface area contributed by atoms with E-state index in [2.05, 4.69) is 27.7 Å². The predicted molar refractivity (Wildman–Crippen MR) is 238 cm³/mol. The summed E-state index contributed by atoms with van der Waals surface area (Å²) < 4.78 is 16.7. The smallest absolute Gasteiger partial charge is 0.306 e. The number of hydrogen-bond donors (Lipinski definition) is 0. The molecule has 6 nitrogen and oxygen atoms in total. The van der Waals surface area contributed by atoms with Crippen LogP contribution in [0.4, 0.5) is 0 Å². The number of carbonyl (C=O) groups is 3. The first kappa shape index (κ1) is 54.4. The van der Waals surface area contributed by atoms with Crippen LogP contribution in [0.2, 0.25) is 0 Å². The van der Waals surface area contributed by atoms with Crippen molar-refractivity contribution in [2.24, 2.45) is 5.92 Å². The van der Waals surface area contributed by atoms with Crippen LogP contribution in [0.3, 0.4) is 0 Å². The van der Waals surface area contributed by atoms with Crippen LogP contribution in [0.5, 0.6) is 0 Å². The van der Waals surface area contributed by atoms with Gasteiger partial charge in [-0.05, 0) is 25.2 Å². The molecule has 332 valence electrons. The van der Waals surface area contributed by atoms with E-state index in [1.165, 1.54) is 173 Å². The third-order valence-corrected chi connectivity index (χ3v) is 11.3. The summed E-state index contributed by atoms with van der Waals surface area (Å²) in [5, 5.41) is 0. The van der Waals surface area contributed by atoms with Gasteiger partial charge >= 0.3 is 17.9 Å². The van der Waals surface area contributed by atoms with E-state index in [4.69, 9.17) is 14.2 Å². The van der Waals surface area contributed by atoms with E-state index in [0.717, 1.165) is 63.7 Å². The Labute approximate surface area is 348 Å². The van der Waals surface area contributed by atoms with Crippen LogP contribution in [-0.2, 0) is 28.6 Å². The molecule has 0 bridgehead atoms. The highest BCUT2D eigenvalue weighted by molar-refractivity contribution is 5.71. The number of carbonyl (C=O) groups excluding carboxylic acids is 3. The zero-order valence-corrected chi connectivity index (χ0v) is 38.1. The minimum Gasteiger partial charge on any atom is -0.462 e. The molecule has 0 heterocycles. The van der Waals surface area contributed by atoms with E-state index >= 15 is 0 Å². The van der Waals surface area contributed by atoms with Gasteiger partial charge in [-0.1, -0.05) is 240 Å². The van der Waals surface area contributed by atoms with Crippen LogP contribution >= 0.6 is 0 Å². The van der Waals surface area contributed by atoms with Crippen molar-refractivity contribution in [3.05, 3.63) is 0 Å². The van der Waals surface area contributed by atoms with Gasteiger partial charge in [0.2, 0.25) is 0 Å². The molecule has 1 atom stereocenters. The lowest BCUT2D eigenvalue weighted by atomic mass is 10.0. The van der Waals surface area contributed by atoms with E-state index in [-0.39, 0.29) is 31.1 Å². The maximum Gasteiger partial charge on any atom is 0.306 e. The second-order valence-electron chi connectivity index (χ2n) is 17.6. The SMILES string of the molecule is CCCCCCCCCCCCCCCCCCCCC(=O)O[C@H](COC(=O)CCCCCCCCC)COC(=O)CCCCCCCCCCCCC(C)C. The lowest BCUT2D eigenvalue weighted by Crippen LogP contribution is -2.30. The number of esters is 3. The maximum absolute atomic E-state index is 12.7. The summed E-state index contributed by atoms with van der Waals surface area (Å²) >= 11 is 0. The van der Waals surface area contributed by atoms with Crippen molar-refractivity contribution in [1.82, 2.24) is 0 Å². The zero-order chi connectivity index (χ0) is 41.0. The minimum absolute atomic E-state index is 0.0639. The Bertz CT molecular complexity index is 841. The summed E-state index contributed by atoms with van der Waals surface area (Å²) in [4.78, 5) is 37.7. The lowest BCUT2D eigenvalue weighted by Gasteiger charge is -2.18. The first-order chi connectivity index (χ1) is 27.4. The molecule has 0 aromatic heterocycles. The van der Waals surface area contributed by atoms with Crippen molar-refractivity contribution in [3.8, 4) is 0 Å². The first-order valence-electron chi connectivity index (χ1n) is 24.9. The average Bonchev–Trinajstić information content (AvgIpc) is 3.18. The Hall–Kier alpha value is -1.59. The average molecular weight is 793 g/mol. The van der Waals surface area contributed by atoms with Gasteiger partial charge in [0.05, 0.1) is 0 Å². The van der Waals surface area contributed by atoms with Crippen LogP contribution in [0.15, 0.2) is 0 Å². The Morgan fingerprint density at radius 3 is 0.875 bits per heavy atom. The Balaban J connectivity index is 4.20. The van der Waals surface area contributed by atoms with Crippen molar-refractivity contribution in [2.75, 3.05) is 13.2 Å². The van der Waals surface area contributed by atoms with Crippen molar-refractivity contribution >= 4 is 17.9 Å². The lowest BCUT2D eigenvalue weighted by molar-refractivity contribution is -0.167. The molecule has 0 saturated heterocycles. The van der Waals surface area contributed by atoms with Gasteiger partial charge in [0.15, 0.2) is 6.10 Å². The van der Waals surface area contributed by atoms with E-state index in [9.17, 15) is 14.4 Å². The maximum atomic E-state index is 12.7. The molecule has 0 spiro atoms. The Morgan fingerprint density at radius 1 is 0.339 bits per heavy atom. The van der Waals surface area contributed by atoms with E-state index < -0.39 is 6.10 Å². The predicted octanol–water partition coefficient (Wildman–Crippen LogP) is 15.9. The van der Waals surface area contributed by atoms with E-state index in [1.807, 2.05) is 0 Å². The van der Waals surface area contributed by atoms with Gasteiger partial charge in [-0.3, -0.25) is 14.4 Å². The van der Waals surface area contributed by atoms with E-state index in [0.29, 0.717) is 19.3 Å². The molecule has 0 rings (SSSR count). The van der Waals surface area contributed by atoms with Gasteiger partial charge in [0.25, 0.3) is 0 Å². The second-order valence-corrected chi connectivity index (χ2v) is 17.6. The summed E-state index contributed by atoms with van der Waals surface area (Å²) in [7, 11) is 0. The Morgan fingerprint density at radius 2 is 0.589 bits per heavy atom. The van der Waals surface area contributed by atoms with Crippen molar-refractivity contribution in [1.29, 1.82) is 0 Å². The molecule has 0 saturated carbocycles. The quantitative estimate of drug-likeness (QED) is 0.0347. The first-order valence-corrected chi connectivity index (χ1v) is 24.9. The highest BCUT2D eigenvalue weighted by atomic mass is 16.6. The fourth-order valence-electron chi connectivity index (χ4n) is 7.51. The monoisotopic (exact) mass is 793 g/mol. The topological polar surface area (TPSA) is 78.9 Å². The number of unbranched alkanes of at least 4 members (excludes halogenated alkanes) is 32. The molecule has 0 unspecified atom stereocenters. The summed E-state index contributed by atoms with van der Waals surface area (Å²) in [6.45, 7) is 8.97. The molecule has 0 N–H and O–H groups in total. The van der Waals surface area contributed by atoms with Gasteiger partial charge in [-0.25, -0.2) is 0 Å².